The molecule has 1 atom stereocenters. The maximum Gasteiger partial charge on any atom is 0.193 e. The highest BCUT2D eigenvalue weighted by Crippen LogP contribution is 2.21. The van der Waals surface area contributed by atoms with Gasteiger partial charge >= 0.3 is 0 Å². The van der Waals surface area contributed by atoms with Crippen LogP contribution in [0.5, 0.6) is 0 Å². The topological polar surface area (TPSA) is 43.8 Å². The van der Waals surface area contributed by atoms with Gasteiger partial charge in [0.2, 0.25) is 0 Å². The average Bonchev–Trinajstić information content (AvgIpc) is 3.14. The number of rotatable bonds is 6. The Bertz CT molecular complexity index is 597. The van der Waals surface area contributed by atoms with Crippen LogP contribution in [0.25, 0.3) is 0 Å². The van der Waals surface area contributed by atoms with Crippen LogP contribution in [-0.2, 0) is 13.0 Å². The molecule has 160 valence electrons. The maximum absolute atomic E-state index is 5.02. The zero-order chi connectivity index (χ0) is 19.1. The first-order chi connectivity index (χ1) is 13.2. The van der Waals surface area contributed by atoms with Crippen molar-refractivity contribution in [3.05, 3.63) is 16.1 Å². The third kappa shape index (κ3) is 7.13. The van der Waals surface area contributed by atoms with E-state index in [9.17, 15) is 0 Å². The van der Waals surface area contributed by atoms with Crippen LogP contribution in [-0.4, -0.2) is 60.0 Å². The van der Waals surface area contributed by atoms with Crippen LogP contribution in [0.2, 0.25) is 0 Å². The van der Waals surface area contributed by atoms with Gasteiger partial charge in [0, 0.05) is 38.1 Å². The fourth-order valence-corrected chi connectivity index (χ4v) is 4.90. The van der Waals surface area contributed by atoms with Gasteiger partial charge in [-0.25, -0.2) is 4.98 Å². The summed E-state index contributed by atoms with van der Waals surface area (Å²) in [6, 6.07) is 0. The summed E-state index contributed by atoms with van der Waals surface area (Å²) >= 11 is 1.80. The normalized spacial score (nSPS) is 22.2. The van der Waals surface area contributed by atoms with Crippen LogP contribution >= 0.6 is 35.3 Å². The van der Waals surface area contributed by atoms with Gasteiger partial charge < -0.3 is 10.2 Å². The van der Waals surface area contributed by atoms with Gasteiger partial charge in [0.15, 0.2) is 5.96 Å². The molecule has 2 aliphatic rings. The van der Waals surface area contributed by atoms with Crippen LogP contribution in [0.15, 0.2) is 10.4 Å². The van der Waals surface area contributed by atoms with Crippen molar-refractivity contribution in [2.45, 2.75) is 59.4 Å². The molecule has 0 aliphatic carbocycles. The minimum Gasteiger partial charge on any atom is -0.357 e. The summed E-state index contributed by atoms with van der Waals surface area (Å²) in [6.07, 6.45) is 6.20. The monoisotopic (exact) mass is 519 g/mol. The summed E-state index contributed by atoms with van der Waals surface area (Å²) in [6.45, 7) is 14.3. The number of aryl methyl sites for hydroxylation is 1. The summed E-state index contributed by atoms with van der Waals surface area (Å²) in [7, 11) is 0. The van der Waals surface area contributed by atoms with E-state index < -0.39 is 0 Å². The molecule has 1 aromatic rings. The lowest BCUT2D eigenvalue weighted by Crippen LogP contribution is -2.46. The summed E-state index contributed by atoms with van der Waals surface area (Å²) in [5.74, 6) is 2.64. The summed E-state index contributed by atoms with van der Waals surface area (Å²) in [5, 5.41) is 7.02. The van der Waals surface area contributed by atoms with Crippen molar-refractivity contribution in [1.82, 2.24) is 20.1 Å². The van der Waals surface area contributed by atoms with Crippen molar-refractivity contribution in [3.63, 3.8) is 0 Å². The van der Waals surface area contributed by atoms with Crippen molar-refractivity contribution in [3.8, 4) is 0 Å². The molecule has 3 rings (SSSR count). The van der Waals surface area contributed by atoms with E-state index in [-0.39, 0.29) is 24.0 Å². The van der Waals surface area contributed by atoms with Crippen molar-refractivity contribution in [2.24, 2.45) is 16.8 Å². The van der Waals surface area contributed by atoms with Crippen LogP contribution in [0.1, 0.15) is 57.2 Å². The number of likely N-dealkylation sites (tertiary alicyclic amines) is 2. The van der Waals surface area contributed by atoms with E-state index in [0.717, 1.165) is 56.9 Å². The van der Waals surface area contributed by atoms with E-state index in [2.05, 4.69) is 41.3 Å². The average molecular weight is 520 g/mol. The summed E-state index contributed by atoms with van der Waals surface area (Å²) < 4.78 is 0. The Morgan fingerprint density at radius 1 is 1.25 bits per heavy atom. The zero-order valence-electron chi connectivity index (χ0n) is 17.8. The third-order valence-corrected chi connectivity index (χ3v) is 6.83. The Balaban J connectivity index is 0.00000280. The van der Waals surface area contributed by atoms with Crippen molar-refractivity contribution >= 4 is 41.3 Å². The Kier molecular flexibility index (Phi) is 10.5. The number of hydrogen-bond acceptors (Lipinski definition) is 4. The number of hydrogen-bond donors (Lipinski definition) is 1. The lowest BCUT2D eigenvalue weighted by molar-refractivity contribution is 0.178. The molecular weight excluding hydrogens is 481 g/mol. The predicted octanol–water partition coefficient (Wildman–Crippen LogP) is 4.23. The minimum absolute atomic E-state index is 0. The first-order valence-electron chi connectivity index (χ1n) is 10.9. The first-order valence-corrected chi connectivity index (χ1v) is 11.7. The van der Waals surface area contributed by atoms with Gasteiger partial charge in [-0.3, -0.25) is 9.89 Å². The molecule has 1 aromatic heterocycles. The number of nitrogens with zero attached hydrogens (tertiary/aromatic N) is 4. The van der Waals surface area contributed by atoms with Crippen LogP contribution < -0.4 is 5.32 Å². The molecule has 3 heterocycles. The van der Waals surface area contributed by atoms with Gasteiger partial charge in [-0.05, 0) is 64.0 Å². The van der Waals surface area contributed by atoms with Crippen LogP contribution in [0.3, 0.4) is 0 Å². The number of piperidine rings is 2. The molecule has 2 aliphatic heterocycles. The number of aliphatic imine (C=N–C) groups is 1. The van der Waals surface area contributed by atoms with Crippen molar-refractivity contribution < 1.29 is 0 Å². The van der Waals surface area contributed by atoms with Crippen molar-refractivity contribution in [2.75, 3.05) is 39.3 Å². The number of halogens is 1. The van der Waals surface area contributed by atoms with E-state index in [4.69, 9.17) is 9.98 Å². The molecule has 7 heteroatoms. The predicted molar refractivity (Wildman–Crippen MR) is 131 cm³/mol. The molecule has 2 saturated heterocycles. The van der Waals surface area contributed by atoms with Crippen LogP contribution in [0.4, 0.5) is 0 Å². The van der Waals surface area contributed by atoms with E-state index in [0.29, 0.717) is 0 Å². The Morgan fingerprint density at radius 2 is 2.04 bits per heavy atom. The third-order valence-electron chi connectivity index (χ3n) is 5.79. The van der Waals surface area contributed by atoms with Crippen molar-refractivity contribution in [1.29, 1.82) is 0 Å². The lowest BCUT2D eigenvalue weighted by atomic mass is 9.97. The molecule has 0 radical (unpaired) electrons. The largest absolute Gasteiger partial charge is 0.357 e. The molecule has 1 N–H and O–H groups in total. The lowest BCUT2D eigenvalue weighted by Gasteiger charge is -2.34. The second kappa shape index (κ2) is 12.3. The molecule has 0 aromatic carbocycles. The first kappa shape index (κ1) is 23.9. The molecule has 0 saturated carbocycles. The van der Waals surface area contributed by atoms with Gasteiger partial charge in [0.05, 0.1) is 10.7 Å². The van der Waals surface area contributed by atoms with Gasteiger partial charge in [0.1, 0.15) is 0 Å². The quantitative estimate of drug-likeness (QED) is 0.347. The molecule has 28 heavy (non-hydrogen) atoms. The van der Waals surface area contributed by atoms with Crippen LogP contribution in [0, 0.1) is 11.8 Å². The molecule has 0 bridgehead atoms. The van der Waals surface area contributed by atoms with Gasteiger partial charge in [-0.2, -0.15) is 0 Å². The van der Waals surface area contributed by atoms with Gasteiger partial charge in [-0.1, -0.05) is 13.8 Å². The smallest absolute Gasteiger partial charge is 0.193 e. The number of guanidine groups is 1. The zero-order valence-corrected chi connectivity index (χ0v) is 21.0. The molecule has 2 fully saturated rings. The second-order valence-electron chi connectivity index (χ2n) is 8.19. The second-order valence-corrected chi connectivity index (χ2v) is 9.14. The number of aromatic nitrogens is 1. The molecule has 1 unspecified atom stereocenters. The standard InChI is InChI=1S/C21H37N5S.HI/c1-4-20-24-19(16-27-20)15-25-11-8-18(9-12-25)13-23-21(22-5-2)26-10-6-7-17(3)14-26;/h16-18H,4-15H2,1-3H3,(H,22,23);1H. The van der Waals surface area contributed by atoms with Gasteiger partial charge in [-0.15, -0.1) is 35.3 Å². The summed E-state index contributed by atoms with van der Waals surface area (Å²) in [4.78, 5) is 14.8. The van der Waals surface area contributed by atoms with E-state index in [1.54, 1.807) is 11.3 Å². The number of nitrogens with one attached hydrogen (secondary N) is 1. The fourth-order valence-electron chi connectivity index (χ4n) is 4.16. The minimum atomic E-state index is 0. The SMILES string of the molecule is CCNC(=NCC1CCN(Cc2csc(CC)n2)CC1)N1CCCC(C)C1.I. The van der Waals surface area contributed by atoms with E-state index >= 15 is 0 Å². The van der Waals surface area contributed by atoms with E-state index in [1.807, 2.05) is 0 Å². The fraction of sp³-hybridized carbons (Fsp3) is 0.810. The van der Waals surface area contributed by atoms with Gasteiger partial charge in [0.25, 0.3) is 0 Å². The highest BCUT2D eigenvalue weighted by atomic mass is 127. The molecule has 5 nitrogen and oxygen atoms in total. The Labute approximate surface area is 192 Å². The number of thiazole rings is 1. The summed E-state index contributed by atoms with van der Waals surface area (Å²) in [5.41, 5.74) is 1.25. The maximum atomic E-state index is 5.02. The Morgan fingerprint density at radius 3 is 2.68 bits per heavy atom. The molecular formula is C21H38IN5S. The molecule has 0 spiro atoms. The molecule has 0 amide bonds. The highest BCUT2D eigenvalue weighted by molar-refractivity contribution is 14.0. The highest BCUT2D eigenvalue weighted by Gasteiger charge is 2.22. The van der Waals surface area contributed by atoms with E-state index in [1.165, 1.54) is 49.5 Å². The Hall–Kier alpha value is -0.410.